The number of non-ortho nitro benzene ring substituents is 4. The molecule has 30 heteroatoms. The lowest BCUT2D eigenvalue weighted by Gasteiger charge is -2.18. The molecule has 8 aromatic rings. The second-order valence-electron chi connectivity index (χ2n) is 20.0. The maximum atomic E-state index is 11.8. The van der Waals surface area contributed by atoms with Crippen molar-refractivity contribution in [1.29, 1.82) is 0 Å². The zero-order chi connectivity index (χ0) is 64.0. The van der Waals surface area contributed by atoms with Gasteiger partial charge in [0.2, 0.25) is 0 Å². The molecule has 16 bridgehead atoms. The number of nitrogens with zero attached hydrogens (tertiary/aromatic N) is 5. The Hall–Kier alpha value is -11.3. The van der Waals surface area contributed by atoms with Gasteiger partial charge in [-0.2, -0.15) is 0 Å². The largest absolute Gasteiger partial charge is 0.507 e. The number of alkyl halides is 2. The summed E-state index contributed by atoms with van der Waals surface area (Å²) in [5.74, 6) is -2.00. The van der Waals surface area contributed by atoms with Crippen LogP contribution in [0.4, 0.5) is 45.5 Å². The molecule has 452 valence electrons. The summed E-state index contributed by atoms with van der Waals surface area (Å²) in [6.45, 7) is 0. The fourth-order valence-corrected chi connectivity index (χ4v) is 10.3. The van der Waals surface area contributed by atoms with Gasteiger partial charge < -0.3 is 69.0 Å². The fourth-order valence-electron chi connectivity index (χ4n) is 10.3. The maximum Gasteiger partial charge on any atom is 0.291 e. The normalized spacial score (nSPS) is 12.1. The molecule has 0 unspecified atom stereocenters. The van der Waals surface area contributed by atoms with Gasteiger partial charge in [0.15, 0.2) is 0 Å². The third kappa shape index (κ3) is 14.6. The van der Waals surface area contributed by atoms with E-state index in [1.807, 2.05) is 0 Å². The number of hydrogen-bond donors (Lipinski definition) is 13. The predicted molar refractivity (Wildman–Crippen MR) is 317 cm³/mol. The van der Waals surface area contributed by atoms with Crippen LogP contribution in [0.15, 0.2) is 97.1 Å². The summed E-state index contributed by atoms with van der Waals surface area (Å²) in [6, 6.07) is 21.1. The summed E-state index contributed by atoms with van der Waals surface area (Å²) in [5.41, 5.74) is 27.3. The summed E-state index contributed by atoms with van der Waals surface area (Å²) < 4.78 is 0. The number of phenols is 8. The number of rotatable bonds is 4. The first-order valence-corrected chi connectivity index (χ1v) is 26.4. The molecule has 0 aromatic heterocycles. The number of benzene rings is 8. The molecule has 0 radical (unpaired) electrons. The number of halogens is 2. The molecular formula is C57H51Cl2N9O19. The van der Waals surface area contributed by atoms with Crippen LogP contribution in [0.25, 0.3) is 0 Å². The van der Waals surface area contributed by atoms with Gasteiger partial charge in [-0.25, -0.2) is 0 Å². The molecule has 0 aliphatic heterocycles. The minimum absolute atomic E-state index is 0.0127. The van der Waals surface area contributed by atoms with Crippen LogP contribution in [0.5, 0.6) is 46.0 Å². The fraction of sp³-hybridized carbons (Fsp3) is 0.158. The second kappa shape index (κ2) is 26.1. The Morgan fingerprint density at radius 3 is 0.471 bits per heavy atom. The third-order valence-electron chi connectivity index (χ3n) is 14.1. The van der Waals surface area contributed by atoms with Gasteiger partial charge in [-0.1, -0.05) is 0 Å². The number of nitrogen functional groups attached to an aromatic ring is 4. The van der Waals surface area contributed by atoms with Crippen LogP contribution in [0.3, 0.4) is 0 Å². The topological polar surface area (TPSA) is 502 Å². The highest BCUT2D eigenvalue weighted by molar-refractivity contribution is 6.40. The van der Waals surface area contributed by atoms with Crippen molar-refractivity contribution in [3.05, 3.63) is 237 Å². The van der Waals surface area contributed by atoms with E-state index in [-0.39, 0.29) is 98.5 Å². The van der Waals surface area contributed by atoms with Crippen molar-refractivity contribution >= 4 is 68.7 Å². The average molecular weight is 1240 g/mol. The Morgan fingerprint density at radius 1 is 0.287 bits per heavy atom. The van der Waals surface area contributed by atoms with E-state index in [1.54, 1.807) is 48.5 Å². The first-order valence-electron chi connectivity index (χ1n) is 25.3. The van der Waals surface area contributed by atoms with Gasteiger partial charge in [-0.05, 0) is 48.5 Å². The van der Waals surface area contributed by atoms with Crippen molar-refractivity contribution < 1.29 is 70.8 Å². The molecule has 87 heavy (non-hydrogen) atoms. The minimum Gasteiger partial charge on any atom is -0.507 e. The van der Waals surface area contributed by atoms with Gasteiger partial charge in [-0.15, -0.1) is 33.3 Å². The van der Waals surface area contributed by atoms with E-state index in [0.29, 0.717) is 67.3 Å². The zero-order valence-corrected chi connectivity index (χ0v) is 46.5. The Labute approximate surface area is 499 Å². The molecule has 28 nitrogen and oxygen atoms in total. The molecule has 2 aliphatic rings. The summed E-state index contributed by atoms with van der Waals surface area (Å²) in [5, 5.41) is 150. The quantitative estimate of drug-likeness (QED) is 0.0256. The first kappa shape index (κ1) is 63.3. The van der Waals surface area contributed by atoms with Crippen LogP contribution in [0, 0.1) is 50.6 Å². The summed E-state index contributed by atoms with van der Waals surface area (Å²) in [4.78, 5) is 52.4. The molecule has 0 atom stereocenters. The maximum absolute atomic E-state index is 11.8. The molecule has 2 aliphatic carbocycles. The molecule has 17 N–H and O–H groups in total. The van der Waals surface area contributed by atoms with Gasteiger partial charge in [0.1, 0.15) is 46.0 Å². The molecular weight excluding hydrogens is 1190 g/mol. The van der Waals surface area contributed by atoms with E-state index >= 15 is 0 Å². The summed E-state index contributed by atoms with van der Waals surface area (Å²) >= 11 is 9.53. The highest BCUT2D eigenvalue weighted by atomic mass is 35.5. The van der Waals surface area contributed by atoms with Crippen molar-refractivity contribution in [1.82, 2.24) is 0 Å². The van der Waals surface area contributed by atoms with E-state index in [0.717, 1.165) is 48.5 Å². The Morgan fingerprint density at radius 2 is 0.379 bits per heavy atom. The Balaban J connectivity index is 0.000000228. The lowest BCUT2D eigenvalue weighted by molar-refractivity contribution is -0.742. The monoisotopic (exact) mass is 1240 g/mol. The van der Waals surface area contributed by atoms with Crippen LogP contribution in [-0.2, 0) is 51.4 Å². The van der Waals surface area contributed by atoms with E-state index in [1.165, 1.54) is 0 Å². The molecule has 0 saturated heterocycles. The van der Waals surface area contributed by atoms with E-state index in [2.05, 4.69) is 0 Å². The molecule has 0 amide bonds. The van der Waals surface area contributed by atoms with E-state index in [4.69, 9.17) is 61.5 Å². The minimum atomic E-state index is -1.50. The van der Waals surface area contributed by atoms with Gasteiger partial charge >= 0.3 is 0 Å². The number of nitro benzene ring substituents is 4. The van der Waals surface area contributed by atoms with Gasteiger partial charge in [-0.3, -0.25) is 40.5 Å². The van der Waals surface area contributed by atoms with Gasteiger partial charge in [0, 0.05) is 212 Å². The van der Waals surface area contributed by atoms with Crippen molar-refractivity contribution in [2.45, 2.75) is 51.4 Å². The SMILES string of the molecule is ClCCl.Nc1cc2c(O)c(c1)Cc1cc(N)cc(c1O)Cc1cc(N)cc(c1O)Cc1cc(N)cc(c1O)C2.O=[N+]([O-])O.O=[N+]([O-])c1cc2c(O)c(c1)Cc1cc([N+](=O)[O-])cc(c1O)Cc1cc([N+](=O)[O-])cc(c1O)Cc1cc([N+](=O)[O-])cc(c1O)C2. The Bertz CT molecular complexity index is 3430. The van der Waals surface area contributed by atoms with Crippen LogP contribution in [-0.4, -0.2) is 76.2 Å². The summed E-state index contributed by atoms with van der Waals surface area (Å²) in [7, 11) is 0. The third-order valence-corrected chi connectivity index (χ3v) is 14.1. The number of aromatic hydroxyl groups is 8. The van der Waals surface area contributed by atoms with Crippen molar-refractivity contribution in [3.8, 4) is 46.0 Å². The van der Waals surface area contributed by atoms with Crippen molar-refractivity contribution in [3.63, 3.8) is 0 Å². The lowest BCUT2D eigenvalue weighted by Crippen LogP contribution is -2.04. The number of anilines is 4. The van der Waals surface area contributed by atoms with Crippen molar-refractivity contribution in [2.24, 2.45) is 0 Å². The van der Waals surface area contributed by atoms with Gasteiger partial charge in [0.25, 0.3) is 27.8 Å². The number of nitro groups is 4. The standard InChI is InChI=1S/C28H20N4O12.C28H28N4O4.CH2Cl2.HNO3/c33-25-13-1-14-6-22(30(39)40)8-16(26(14)34)3-18-10-24(32(43)44)12-20(28(18)36)4-19-11-23(31(41)42)9-17(27(19)35)2-15(25)7-21(5-13)29(37)38;29-21-5-13-1-14-6-22(30)8-16(26(14)34)3-18-10-24(32)12-20(28(18)36)4-19-11-23(31)9-17(27(19)35)2-15(7-21)25(13)33;2-1-3;2-1(3)4/h5-12,33-36H,1-4H2;5-12,33-36H,1-4,29-32H2;1H2;(H,2,3,4). The van der Waals surface area contributed by atoms with Crippen LogP contribution in [0.1, 0.15) is 89.0 Å². The van der Waals surface area contributed by atoms with Crippen LogP contribution in [0.2, 0.25) is 0 Å². The summed E-state index contributed by atoms with van der Waals surface area (Å²) in [6.07, 6.45) is -1.18. The molecule has 10 rings (SSSR count). The van der Waals surface area contributed by atoms with E-state index in [9.17, 15) is 81.3 Å². The molecule has 8 aromatic carbocycles. The molecule has 0 heterocycles. The highest BCUT2D eigenvalue weighted by Crippen LogP contribution is 2.44. The Kier molecular flexibility index (Phi) is 19.0. The average Bonchev–Trinajstić information content (AvgIpc) is 2.68. The number of hydrogen-bond acceptors (Lipinski definition) is 22. The first-order chi connectivity index (χ1) is 41.0. The smallest absolute Gasteiger partial charge is 0.291 e. The van der Waals surface area contributed by atoms with E-state index < -0.39 is 96.2 Å². The lowest BCUT2D eigenvalue weighted by atomic mass is 9.90. The predicted octanol–water partition coefficient (Wildman–Crippen LogP) is 9.41. The highest BCUT2D eigenvalue weighted by Gasteiger charge is 2.28. The van der Waals surface area contributed by atoms with Crippen LogP contribution >= 0.6 is 23.2 Å². The number of nitrogens with two attached hydrogens (primary N) is 4. The number of fused-ring (bicyclic) bond motifs is 16. The molecule has 0 saturated carbocycles. The number of phenolic OH excluding ortho intramolecular Hbond substituents is 8. The van der Waals surface area contributed by atoms with Gasteiger partial charge in [0.05, 0.1) is 25.0 Å². The molecule has 0 fully saturated rings. The zero-order valence-electron chi connectivity index (χ0n) is 45.0. The van der Waals surface area contributed by atoms with Crippen molar-refractivity contribution in [2.75, 3.05) is 28.3 Å². The van der Waals surface area contributed by atoms with Crippen LogP contribution < -0.4 is 22.9 Å². The molecule has 0 spiro atoms. The second-order valence-corrected chi connectivity index (χ2v) is 20.8.